The van der Waals surface area contributed by atoms with Crippen molar-refractivity contribution < 1.29 is 4.79 Å². The van der Waals surface area contributed by atoms with Crippen LogP contribution in [0.2, 0.25) is 0 Å². The molecule has 0 saturated heterocycles. The van der Waals surface area contributed by atoms with Gasteiger partial charge >= 0.3 is 5.69 Å². The van der Waals surface area contributed by atoms with Crippen LogP contribution in [-0.2, 0) is 11.3 Å². The Bertz CT molecular complexity index is 795. The fraction of sp³-hybridized carbons (Fsp3) is 0.412. The number of hydrogen-bond acceptors (Lipinski definition) is 4. The average Bonchev–Trinajstić information content (AvgIpc) is 2.57. The predicted octanol–water partition coefficient (Wildman–Crippen LogP) is 1.29. The molecule has 2 rings (SSSR count). The number of aromatic amines is 1. The number of carbonyl (C=O) groups is 1. The maximum Gasteiger partial charge on any atom is 0.328 e. The summed E-state index contributed by atoms with van der Waals surface area (Å²) in [4.78, 5) is 41.8. The van der Waals surface area contributed by atoms with Gasteiger partial charge in [0.05, 0.1) is 6.04 Å². The van der Waals surface area contributed by atoms with Gasteiger partial charge in [0.25, 0.3) is 5.56 Å². The molecule has 0 aliphatic carbocycles. The Labute approximate surface area is 139 Å². The van der Waals surface area contributed by atoms with E-state index in [1.165, 1.54) is 10.8 Å². The molecule has 1 amide bonds. The minimum Gasteiger partial charge on any atom is -0.348 e. The second kappa shape index (κ2) is 8.24. The zero-order chi connectivity index (χ0) is 17.5. The van der Waals surface area contributed by atoms with E-state index in [1.54, 1.807) is 19.3 Å². The lowest BCUT2D eigenvalue weighted by Gasteiger charge is -2.19. The zero-order valence-corrected chi connectivity index (χ0v) is 13.9. The van der Waals surface area contributed by atoms with Gasteiger partial charge in [0.2, 0.25) is 5.91 Å². The van der Waals surface area contributed by atoms with Gasteiger partial charge in [0, 0.05) is 24.2 Å². The number of hydrogen-bond donors (Lipinski definition) is 2. The topological polar surface area (TPSA) is 96.9 Å². The van der Waals surface area contributed by atoms with Crippen molar-refractivity contribution in [3.63, 3.8) is 0 Å². The maximum absolute atomic E-state index is 12.3. The molecule has 0 aromatic carbocycles. The number of H-pyrrole nitrogens is 1. The standard InChI is InChI=1S/C17H22N4O3/c1-3-4-7-14(13-6-5-8-18-9-13)19-15(22)11-21-10-12(2)16(23)20-17(21)24/h5-6,8-10,14H,3-4,7,11H2,1-2H3,(H,19,22)(H,20,23,24)/t14-/m1/s1. The monoisotopic (exact) mass is 330 g/mol. The molecular formula is C17H22N4O3. The fourth-order valence-electron chi connectivity index (χ4n) is 2.44. The summed E-state index contributed by atoms with van der Waals surface area (Å²) in [6.45, 7) is 3.54. The molecule has 0 aliphatic rings. The maximum atomic E-state index is 12.3. The lowest BCUT2D eigenvalue weighted by Crippen LogP contribution is -2.37. The molecule has 0 unspecified atom stereocenters. The van der Waals surface area contributed by atoms with Crippen molar-refractivity contribution in [1.82, 2.24) is 19.9 Å². The smallest absolute Gasteiger partial charge is 0.328 e. The van der Waals surface area contributed by atoms with Gasteiger partial charge < -0.3 is 5.32 Å². The van der Waals surface area contributed by atoms with Crippen LogP contribution >= 0.6 is 0 Å². The van der Waals surface area contributed by atoms with Crippen LogP contribution in [0.1, 0.15) is 43.4 Å². The van der Waals surface area contributed by atoms with E-state index < -0.39 is 11.2 Å². The number of aryl methyl sites for hydroxylation is 1. The SMILES string of the molecule is CCCC[C@@H](NC(=O)Cn1cc(C)c(=O)[nH]c1=O)c1cccnc1. The van der Waals surface area contributed by atoms with E-state index in [-0.39, 0.29) is 18.5 Å². The Balaban J connectivity index is 2.12. The van der Waals surface area contributed by atoms with Crippen LogP contribution in [0.25, 0.3) is 0 Å². The molecule has 0 saturated carbocycles. The molecule has 7 heteroatoms. The van der Waals surface area contributed by atoms with Crippen LogP contribution in [0.3, 0.4) is 0 Å². The summed E-state index contributed by atoms with van der Waals surface area (Å²) >= 11 is 0. The molecule has 0 spiro atoms. The first-order valence-electron chi connectivity index (χ1n) is 8.01. The minimum absolute atomic E-state index is 0.140. The van der Waals surface area contributed by atoms with Crippen LogP contribution in [0, 0.1) is 6.92 Å². The molecule has 2 N–H and O–H groups in total. The number of rotatable bonds is 7. The molecule has 7 nitrogen and oxygen atoms in total. The average molecular weight is 330 g/mol. The van der Waals surface area contributed by atoms with Gasteiger partial charge in [-0.3, -0.25) is 24.1 Å². The Morgan fingerprint density at radius 2 is 2.21 bits per heavy atom. The second-order valence-electron chi connectivity index (χ2n) is 5.75. The molecule has 0 aliphatic heterocycles. The highest BCUT2D eigenvalue weighted by Crippen LogP contribution is 2.18. The summed E-state index contributed by atoms with van der Waals surface area (Å²) < 4.78 is 1.20. The lowest BCUT2D eigenvalue weighted by molar-refractivity contribution is -0.122. The number of nitrogens with zero attached hydrogens (tertiary/aromatic N) is 2. The summed E-state index contributed by atoms with van der Waals surface area (Å²) in [6, 6.07) is 3.60. The number of unbranched alkanes of at least 4 members (excludes halogenated alkanes) is 1. The number of aromatic nitrogens is 3. The Hall–Kier alpha value is -2.70. The van der Waals surface area contributed by atoms with E-state index in [0.717, 1.165) is 24.8 Å². The van der Waals surface area contributed by atoms with E-state index in [4.69, 9.17) is 0 Å². The molecular weight excluding hydrogens is 308 g/mol. The van der Waals surface area contributed by atoms with Gasteiger partial charge in [-0.05, 0) is 25.0 Å². The third-order valence-corrected chi connectivity index (χ3v) is 3.77. The summed E-state index contributed by atoms with van der Waals surface area (Å²) in [6.07, 6.45) is 7.60. The first-order valence-corrected chi connectivity index (χ1v) is 8.01. The quantitative estimate of drug-likeness (QED) is 0.799. The number of nitrogens with one attached hydrogen (secondary N) is 2. The Kier molecular flexibility index (Phi) is 6.06. The van der Waals surface area contributed by atoms with Gasteiger partial charge in [0.15, 0.2) is 0 Å². The number of carbonyl (C=O) groups excluding carboxylic acids is 1. The second-order valence-corrected chi connectivity index (χ2v) is 5.75. The summed E-state index contributed by atoms with van der Waals surface area (Å²) in [5, 5.41) is 2.95. The van der Waals surface area contributed by atoms with Crippen molar-refractivity contribution in [3.05, 3.63) is 62.7 Å². The van der Waals surface area contributed by atoms with Crippen LogP contribution in [0.15, 0.2) is 40.3 Å². The van der Waals surface area contributed by atoms with Gasteiger partial charge in [-0.25, -0.2) is 4.79 Å². The van der Waals surface area contributed by atoms with Gasteiger partial charge in [-0.1, -0.05) is 25.8 Å². The molecule has 24 heavy (non-hydrogen) atoms. The molecule has 0 fully saturated rings. The molecule has 2 aromatic heterocycles. The van der Waals surface area contributed by atoms with Crippen molar-refractivity contribution in [2.45, 2.75) is 45.7 Å². The highest BCUT2D eigenvalue weighted by Gasteiger charge is 2.15. The van der Waals surface area contributed by atoms with E-state index >= 15 is 0 Å². The highest BCUT2D eigenvalue weighted by atomic mass is 16.2. The normalized spacial score (nSPS) is 11.9. The number of pyridine rings is 1. The van der Waals surface area contributed by atoms with E-state index in [0.29, 0.717) is 5.56 Å². The molecule has 2 aromatic rings. The Morgan fingerprint density at radius 3 is 2.88 bits per heavy atom. The van der Waals surface area contributed by atoms with E-state index in [1.807, 2.05) is 12.1 Å². The minimum atomic E-state index is -0.591. The van der Waals surface area contributed by atoms with Crippen molar-refractivity contribution in [2.75, 3.05) is 0 Å². The summed E-state index contributed by atoms with van der Waals surface area (Å²) in [5.74, 6) is -0.284. The van der Waals surface area contributed by atoms with Gasteiger partial charge in [0.1, 0.15) is 6.54 Å². The van der Waals surface area contributed by atoms with E-state index in [2.05, 4.69) is 22.2 Å². The van der Waals surface area contributed by atoms with Gasteiger partial charge in [-0.2, -0.15) is 0 Å². The van der Waals surface area contributed by atoms with E-state index in [9.17, 15) is 14.4 Å². The molecule has 0 radical (unpaired) electrons. The molecule has 1 atom stereocenters. The molecule has 0 bridgehead atoms. The third-order valence-electron chi connectivity index (χ3n) is 3.77. The Morgan fingerprint density at radius 1 is 1.42 bits per heavy atom. The first-order chi connectivity index (χ1) is 11.5. The zero-order valence-electron chi connectivity index (χ0n) is 13.9. The fourth-order valence-corrected chi connectivity index (χ4v) is 2.44. The molecule has 2 heterocycles. The van der Waals surface area contributed by atoms with Crippen LogP contribution in [0.5, 0.6) is 0 Å². The highest BCUT2D eigenvalue weighted by molar-refractivity contribution is 5.76. The van der Waals surface area contributed by atoms with Crippen molar-refractivity contribution in [2.24, 2.45) is 0 Å². The van der Waals surface area contributed by atoms with Crippen LogP contribution < -0.4 is 16.6 Å². The largest absolute Gasteiger partial charge is 0.348 e. The first kappa shape index (κ1) is 17.7. The lowest BCUT2D eigenvalue weighted by atomic mass is 10.0. The van der Waals surface area contributed by atoms with Crippen molar-refractivity contribution in [1.29, 1.82) is 0 Å². The summed E-state index contributed by atoms with van der Waals surface area (Å²) in [5.41, 5.74) is 0.293. The van der Waals surface area contributed by atoms with Crippen LogP contribution in [-0.4, -0.2) is 20.4 Å². The number of amides is 1. The van der Waals surface area contributed by atoms with Crippen molar-refractivity contribution in [3.8, 4) is 0 Å². The summed E-state index contributed by atoms with van der Waals surface area (Å²) in [7, 11) is 0. The predicted molar refractivity (Wildman–Crippen MR) is 90.7 cm³/mol. The van der Waals surface area contributed by atoms with Gasteiger partial charge in [-0.15, -0.1) is 0 Å². The van der Waals surface area contributed by atoms with Crippen LogP contribution in [0.4, 0.5) is 0 Å². The van der Waals surface area contributed by atoms with Crippen molar-refractivity contribution >= 4 is 5.91 Å². The molecule has 128 valence electrons. The third kappa shape index (κ3) is 4.65.